The average molecular weight is 599 g/mol. The van der Waals surface area contributed by atoms with E-state index in [1.54, 1.807) is 27.0 Å². The molecule has 2 atom stereocenters. The molecule has 0 radical (unpaired) electrons. The summed E-state index contributed by atoms with van der Waals surface area (Å²) < 4.78 is 20.0. The van der Waals surface area contributed by atoms with E-state index in [1.165, 1.54) is 24.5 Å². The number of likely N-dealkylation sites (N-methyl/N-ethyl adjacent to an activating group) is 1. The van der Waals surface area contributed by atoms with Gasteiger partial charge in [0.25, 0.3) is 0 Å². The van der Waals surface area contributed by atoms with Crippen molar-refractivity contribution in [2.45, 2.75) is 38.3 Å². The Labute approximate surface area is 249 Å². The molecule has 2 heterocycles. The van der Waals surface area contributed by atoms with Gasteiger partial charge in [0.2, 0.25) is 17.8 Å². The second-order valence-corrected chi connectivity index (χ2v) is 10.8. The fourth-order valence-corrected chi connectivity index (χ4v) is 4.87. The van der Waals surface area contributed by atoms with Crippen molar-refractivity contribution in [1.82, 2.24) is 19.9 Å². The number of halogens is 2. The zero-order chi connectivity index (χ0) is 30.6. The first-order chi connectivity index (χ1) is 19.9. The molecule has 1 amide bonds. The van der Waals surface area contributed by atoms with Gasteiger partial charge in [0.1, 0.15) is 17.9 Å². The Hall–Kier alpha value is -4.00. The van der Waals surface area contributed by atoms with E-state index >= 15 is 0 Å². The molecule has 3 aromatic rings. The van der Waals surface area contributed by atoms with Gasteiger partial charge >= 0.3 is 0 Å². The Morgan fingerprint density at radius 1 is 1.24 bits per heavy atom. The van der Waals surface area contributed by atoms with Crippen LogP contribution < -0.4 is 25.6 Å². The molecule has 2 aromatic carbocycles. The summed E-state index contributed by atoms with van der Waals surface area (Å²) in [6.45, 7) is 8.56. The number of ether oxygens (including phenoxy) is 1. The molecule has 2 unspecified atom stereocenters. The first kappa shape index (κ1) is 30.9. The molecule has 4 N–H and O–H groups in total. The molecule has 1 aromatic heterocycles. The van der Waals surface area contributed by atoms with Crippen LogP contribution in [0, 0.1) is 5.82 Å². The highest BCUT2D eigenvalue weighted by atomic mass is 35.5. The number of nitrogens with one attached hydrogen (secondary N) is 3. The van der Waals surface area contributed by atoms with Gasteiger partial charge in [-0.2, -0.15) is 4.98 Å². The number of aromatic nitrogens is 3. The summed E-state index contributed by atoms with van der Waals surface area (Å²) >= 11 is 6.04. The molecule has 1 fully saturated rings. The van der Waals surface area contributed by atoms with E-state index in [-0.39, 0.29) is 22.8 Å². The lowest BCUT2D eigenvalue weighted by Crippen LogP contribution is -2.31. The lowest BCUT2D eigenvalue weighted by molar-refractivity contribution is -0.111. The normalized spacial score (nSPS) is 16.2. The molecular weight excluding hydrogens is 563 g/mol. The topological polar surface area (TPSA) is 128 Å². The quantitative estimate of drug-likeness (QED) is 0.223. The highest BCUT2D eigenvalue weighted by Crippen LogP contribution is 2.40. The summed E-state index contributed by atoms with van der Waals surface area (Å²) in [4.78, 5) is 29.6. The van der Waals surface area contributed by atoms with E-state index in [4.69, 9.17) is 16.3 Å². The van der Waals surface area contributed by atoms with Crippen LogP contribution in [0.15, 0.2) is 43.2 Å². The zero-order valence-corrected chi connectivity index (χ0v) is 25.1. The van der Waals surface area contributed by atoms with Gasteiger partial charge in [0.05, 0.1) is 34.8 Å². The maximum atomic E-state index is 14.3. The number of anilines is 6. The Kier molecular flexibility index (Phi) is 9.50. The molecule has 0 saturated carbocycles. The predicted octanol–water partition coefficient (Wildman–Crippen LogP) is 5.04. The van der Waals surface area contributed by atoms with Crippen LogP contribution in [0.4, 0.5) is 39.0 Å². The number of benzene rings is 2. The van der Waals surface area contributed by atoms with E-state index in [2.05, 4.69) is 61.4 Å². The van der Waals surface area contributed by atoms with Gasteiger partial charge in [-0.1, -0.05) is 25.1 Å². The molecule has 224 valence electrons. The number of amides is 1. The van der Waals surface area contributed by atoms with Gasteiger partial charge in [-0.3, -0.25) is 4.79 Å². The summed E-state index contributed by atoms with van der Waals surface area (Å²) in [5, 5.41) is 19.8. The van der Waals surface area contributed by atoms with E-state index in [1.807, 2.05) is 6.07 Å². The minimum absolute atomic E-state index is 0.116. The van der Waals surface area contributed by atoms with E-state index in [9.17, 15) is 14.3 Å². The third-order valence-electron chi connectivity index (χ3n) is 7.39. The van der Waals surface area contributed by atoms with E-state index in [0.717, 1.165) is 25.2 Å². The van der Waals surface area contributed by atoms with Gasteiger partial charge in [-0.15, -0.1) is 0 Å². The van der Waals surface area contributed by atoms with Gasteiger partial charge in [-0.25, -0.2) is 14.4 Å². The maximum absolute atomic E-state index is 14.3. The fourth-order valence-electron chi connectivity index (χ4n) is 4.71. The van der Waals surface area contributed by atoms with Crippen molar-refractivity contribution in [3.8, 4) is 5.75 Å². The Morgan fingerprint density at radius 3 is 2.52 bits per heavy atom. The largest absolute Gasteiger partial charge is 0.494 e. The zero-order valence-electron chi connectivity index (χ0n) is 24.3. The van der Waals surface area contributed by atoms with Crippen LogP contribution in [0.3, 0.4) is 0 Å². The minimum Gasteiger partial charge on any atom is -0.494 e. The minimum atomic E-state index is -1.33. The lowest BCUT2D eigenvalue weighted by Gasteiger charge is -2.26. The summed E-state index contributed by atoms with van der Waals surface area (Å²) in [6, 6.07) is 6.57. The van der Waals surface area contributed by atoms with E-state index in [0.29, 0.717) is 40.8 Å². The van der Waals surface area contributed by atoms with Crippen molar-refractivity contribution >= 4 is 52.2 Å². The van der Waals surface area contributed by atoms with Crippen molar-refractivity contribution in [3.05, 3.63) is 59.7 Å². The molecule has 0 bridgehead atoms. The van der Waals surface area contributed by atoms with Crippen molar-refractivity contribution in [2.75, 3.05) is 55.1 Å². The molecule has 11 nitrogen and oxygen atoms in total. The standard InChI is InChI=1S/C29H36ClFN8O3/c1-7-26(40)34-22-13-23(25(42-6)14-24(22)39-10-9-17(15-39)38(4)5)36-28-33-16-32-27(37-28)35-21-12-19(30)20(31)11-18(21)29(3,41)8-2/h7,11-14,16-17,41H,1,8-10,15H2,2-6H3,(H,34,40)(H2,32,33,35,36,37). The van der Waals surface area contributed by atoms with Gasteiger partial charge < -0.3 is 35.6 Å². The summed E-state index contributed by atoms with van der Waals surface area (Å²) in [7, 11) is 5.66. The average Bonchev–Trinajstić information content (AvgIpc) is 3.46. The first-order valence-corrected chi connectivity index (χ1v) is 13.8. The highest BCUT2D eigenvalue weighted by Gasteiger charge is 2.28. The summed E-state index contributed by atoms with van der Waals surface area (Å²) in [5.41, 5.74) is 1.22. The van der Waals surface area contributed by atoms with Crippen molar-refractivity contribution < 1.29 is 19.0 Å². The van der Waals surface area contributed by atoms with Crippen LogP contribution in [0.2, 0.25) is 5.02 Å². The monoisotopic (exact) mass is 598 g/mol. The lowest BCUT2D eigenvalue weighted by atomic mass is 9.91. The van der Waals surface area contributed by atoms with Crippen LogP contribution >= 0.6 is 11.6 Å². The number of hydrogen-bond acceptors (Lipinski definition) is 10. The number of rotatable bonds is 11. The number of aliphatic hydroxyl groups is 1. The maximum Gasteiger partial charge on any atom is 0.247 e. The summed E-state index contributed by atoms with van der Waals surface area (Å²) in [5.74, 6) is -0.184. The third kappa shape index (κ3) is 6.89. The Balaban J connectivity index is 1.67. The second kappa shape index (κ2) is 12.9. The number of hydrogen-bond donors (Lipinski definition) is 4. The number of carbonyl (C=O) groups is 1. The fraction of sp³-hybridized carbons (Fsp3) is 0.379. The summed E-state index contributed by atoms with van der Waals surface area (Å²) in [6.07, 6.45) is 3.83. The smallest absolute Gasteiger partial charge is 0.247 e. The van der Waals surface area contributed by atoms with Crippen LogP contribution in [0.25, 0.3) is 0 Å². The predicted molar refractivity (Wildman–Crippen MR) is 164 cm³/mol. The molecule has 0 spiro atoms. The first-order valence-electron chi connectivity index (χ1n) is 13.5. The van der Waals surface area contributed by atoms with Gasteiger partial charge in [0.15, 0.2) is 0 Å². The molecule has 0 aliphatic carbocycles. The molecular formula is C29H36ClFN8O3. The third-order valence-corrected chi connectivity index (χ3v) is 7.68. The van der Waals surface area contributed by atoms with E-state index < -0.39 is 11.4 Å². The van der Waals surface area contributed by atoms with Crippen molar-refractivity contribution in [1.29, 1.82) is 0 Å². The molecule has 1 aliphatic rings. The van der Waals surface area contributed by atoms with Crippen LogP contribution in [0.5, 0.6) is 5.75 Å². The van der Waals surface area contributed by atoms with Crippen LogP contribution in [0.1, 0.15) is 32.3 Å². The van der Waals surface area contributed by atoms with Crippen molar-refractivity contribution in [3.63, 3.8) is 0 Å². The second-order valence-electron chi connectivity index (χ2n) is 10.4. The SMILES string of the molecule is C=CC(=O)Nc1cc(Nc2ncnc(Nc3cc(Cl)c(F)cc3C(C)(O)CC)n2)c(OC)cc1N1CCC(N(C)C)C1. The number of nitrogens with zero attached hydrogens (tertiary/aromatic N) is 5. The Morgan fingerprint density at radius 2 is 1.93 bits per heavy atom. The van der Waals surface area contributed by atoms with Crippen molar-refractivity contribution in [2.24, 2.45) is 0 Å². The molecule has 1 saturated heterocycles. The van der Waals surface area contributed by atoms with Gasteiger partial charge in [0, 0.05) is 36.4 Å². The highest BCUT2D eigenvalue weighted by molar-refractivity contribution is 6.31. The molecule has 13 heteroatoms. The molecule has 1 aliphatic heterocycles. The number of methoxy groups -OCH3 is 1. The van der Waals surface area contributed by atoms with Gasteiger partial charge in [-0.05, 0) is 58.1 Å². The van der Waals surface area contributed by atoms with Crippen LogP contribution in [-0.2, 0) is 10.4 Å². The Bertz CT molecular complexity index is 1470. The number of carbonyl (C=O) groups excluding carboxylic acids is 1. The molecule has 42 heavy (non-hydrogen) atoms. The molecule has 4 rings (SSSR count). The van der Waals surface area contributed by atoms with Crippen LogP contribution in [-0.4, -0.2) is 71.2 Å².